The predicted molar refractivity (Wildman–Crippen MR) is 79.7 cm³/mol. The molecule has 0 saturated heterocycles. The maximum atomic E-state index is 12.2. The minimum Gasteiger partial charge on any atom is -0.443 e. The Kier molecular flexibility index (Phi) is 6.87. The van der Waals surface area contributed by atoms with Gasteiger partial charge in [0, 0.05) is 6.42 Å². The van der Waals surface area contributed by atoms with Gasteiger partial charge in [0.25, 0.3) is 0 Å². The van der Waals surface area contributed by atoms with Crippen LogP contribution in [0, 0.1) is 0 Å². The molecule has 0 aliphatic carbocycles. The topological polar surface area (TPSA) is 72.6 Å². The molecule has 0 aliphatic heterocycles. The predicted octanol–water partition coefficient (Wildman–Crippen LogP) is 3.57. The van der Waals surface area contributed by atoms with Crippen molar-refractivity contribution in [1.82, 2.24) is 0 Å². The summed E-state index contributed by atoms with van der Waals surface area (Å²) in [5, 5.41) is 10.5. The van der Waals surface area contributed by atoms with Crippen LogP contribution in [0.25, 0.3) is 0 Å². The summed E-state index contributed by atoms with van der Waals surface area (Å²) in [6.07, 6.45) is -7.08. The Bertz CT molecular complexity index is 489. The normalized spacial score (nSPS) is 15.7. The zero-order valence-corrected chi connectivity index (χ0v) is 13.0. The SMILES string of the molecule is CC(O)(CCc1ccccc1)C(CCCC(F)(F)F)OC(N)=O. The van der Waals surface area contributed by atoms with Crippen LogP contribution in [-0.2, 0) is 11.2 Å². The minimum atomic E-state index is -4.28. The Morgan fingerprint density at radius 1 is 1.26 bits per heavy atom. The van der Waals surface area contributed by atoms with Crippen molar-refractivity contribution in [2.75, 3.05) is 0 Å². The maximum absolute atomic E-state index is 12.2. The van der Waals surface area contributed by atoms with Crippen molar-refractivity contribution in [2.24, 2.45) is 5.73 Å². The highest BCUT2D eigenvalue weighted by atomic mass is 19.4. The standard InChI is InChI=1S/C16H22F3NO3/c1-15(22,11-9-12-6-3-2-4-7-12)13(23-14(20)21)8-5-10-16(17,18)19/h2-4,6-7,13,22H,5,8-11H2,1H3,(H2,20,21). The van der Waals surface area contributed by atoms with E-state index in [-0.39, 0.29) is 19.3 Å². The molecule has 1 aromatic rings. The van der Waals surface area contributed by atoms with E-state index in [0.717, 1.165) is 5.56 Å². The van der Waals surface area contributed by atoms with Crippen molar-refractivity contribution in [3.8, 4) is 0 Å². The van der Waals surface area contributed by atoms with E-state index in [2.05, 4.69) is 0 Å². The van der Waals surface area contributed by atoms with E-state index < -0.39 is 30.4 Å². The lowest BCUT2D eigenvalue weighted by molar-refractivity contribution is -0.139. The molecular weight excluding hydrogens is 311 g/mol. The van der Waals surface area contributed by atoms with Gasteiger partial charge in [-0.05, 0) is 38.2 Å². The summed E-state index contributed by atoms with van der Waals surface area (Å²) in [4.78, 5) is 11.0. The van der Waals surface area contributed by atoms with Gasteiger partial charge in [0.15, 0.2) is 0 Å². The highest BCUT2D eigenvalue weighted by Gasteiger charge is 2.35. The highest BCUT2D eigenvalue weighted by molar-refractivity contribution is 5.64. The molecule has 3 N–H and O–H groups in total. The Labute approximate surface area is 133 Å². The average Bonchev–Trinajstić information content (AvgIpc) is 2.43. The van der Waals surface area contributed by atoms with Crippen LogP contribution in [0.1, 0.15) is 38.2 Å². The number of aliphatic hydroxyl groups is 1. The second-order valence-corrected chi connectivity index (χ2v) is 5.78. The van der Waals surface area contributed by atoms with Crippen LogP contribution in [0.15, 0.2) is 30.3 Å². The molecule has 0 aliphatic rings. The van der Waals surface area contributed by atoms with Gasteiger partial charge in [-0.15, -0.1) is 0 Å². The summed E-state index contributed by atoms with van der Waals surface area (Å²) in [7, 11) is 0. The lowest BCUT2D eigenvalue weighted by Crippen LogP contribution is -2.44. The van der Waals surface area contributed by atoms with E-state index in [1.807, 2.05) is 30.3 Å². The quantitative estimate of drug-likeness (QED) is 0.764. The molecule has 0 bridgehead atoms. The summed E-state index contributed by atoms with van der Waals surface area (Å²) in [6.45, 7) is 1.44. The van der Waals surface area contributed by atoms with Gasteiger partial charge in [-0.3, -0.25) is 0 Å². The average molecular weight is 333 g/mol. The zero-order chi connectivity index (χ0) is 17.5. The Hall–Kier alpha value is -1.76. The fraction of sp³-hybridized carbons (Fsp3) is 0.562. The maximum Gasteiger partial charge on any atom is 0.404 e. The molecule has 2 atom stereocenters. The third kappa shape index (κ3) is 7.88. The number of ether oxygens (including phenoxy) is 1. The fourth-order valence-corrected chi connectivity index (χ4v) is 2.33. The molecule has 1 rings (SSSR count). The van der Waals surface area contributed by atoms with Crippen LogP contribution in [0.2, 0.25) is 0 Å². The third-order valence-corrected chi connectivity index (χ3v) is 3.64. The molecule has 1 aromatic carbocycles. The number of halogens is 3. The molecular formula is C16H22F3NO3. The summed E-state index contributed by atoms with van der Waals surface area (Å²) in [5.74, 6) is 0. The van der Waals surface area contributed by atoms with Gasteiger partial charge in [0.1, 0.15) is 6.10 Å². The number of benzene rings is 1. The van der Waals surface area contributed by atoms with Crippen molar-refractivity contribution < 1.29 is 27.8 Å². The number of amides is 1. The molecule has 130 valence electrons. The van der Waals surface area contributed by atoms with Gasteiger partial charge < -0.3 is 15.6 Å². The smallest absolute Gasteiger partial charge is 0.404 e. The summed E-state index contributed by atoms with van der Waals surface area (Å²) < 4.78 is 41.6. The van der Waals surface area contributed by atoms with Crippen molar-refractivity contribution in [3.63, 3.8) is 0 Å². The first-order chi connectivity index (χ1) is 10.6. The van der Waals surface area contributed by atoms with Gasteiger partial charge in [-0.1, -0.05) is 30.3 Å². The van der Waals surface area contributed by atoms with Crippen LogP contribution in [0.3, 0.4) is 0 Å². The van der Waals surface area contributed by atoms with Crippen LogP contribution >= 0.6 is 0 Å². The van der Waals surface area contributed by atoms with E-state index in [1.54, 1.807) is 0 Å². The van der Waals surface area contributed by atoms with Crippen molar-refractivity contribution >= 4 is 6.09 Å². The summed E-state index contributed by atoms with van der Waals surface area (Å²) in [5.41, 5.74) is 4.47. The van der Waals surface area contributed by atoms with Crippen molar-refractivity contribution in [1.29, 1.82) is 0 Å². The number of rotatable bonds is 8. The molecule has 1 amide bonds. The van der Waals surface area contributed by atoms with E-state index in [4.69, 9.17) is 10.5 Å². The van der Waals surface area contributed by atoms with E-state index in [0.29, 0.717) is 6.42 Å². The van der Waals surface area contributed by atoms with E-state index in [1.165, 1.54) is 6.92 Å². The summed E-state index contributed by atoms with van der Waals surface area (Å²) >= 11 is 0. The third-order valence-electron chi connectivity index (χ3n) is 3.64. The van der Waals surface area contributed by atoms with Gasteiger partial charge in [-0.2, -0.15) is 13.2 Å². The molecule has 4 nitrogen and oxygen atoms in total. The van der Waals surface area contributed by atoms with Gasteiger partial charge in [0.2, 0.25) is 0 Å². The first kappa shape index (κ1) is 19.3. The van der Waals surface area contributed by atoms with Gasteiger partial charge in [0.05, 0.1) is 5.60 Å². The van der Waals surface area contributed by atoms with E-state index in [9.17, 15) is 23.1 Å². The monoisotopic (exact) mass is 333 g/mol. The highest BCUT2D eigenvalue weighted by Crippen LogP contribution is 2.28. The van der Waals surface area contributed by atoms with Crippen molar-refractivity contribution in [2.45, 2.75) is 56.9 Å². The number of hydrogen-bond donors (Lipinski definition) is 2. The molecule has 0 saturated carbocycles. The first-order valence-corrected chi connectivity index (χ1v) is 7.39. The van der Waals surface area contributed by atoms with Crippen LogP contribution in [-0.4, -0.2) is 29.1 Å². The molecule has 0 spiro atoms. The largest absolute Gasteiger partial charge is 0.443 e. The summed E-state index contributed by atoms with van der Waals surface area (Å²) in [6, 6.07) is 9.32. The van der Waals surface area contributed by atoms with Crippen LogP contribution in [0.5, 0.6) is 0 Å². The number of nitrogens with two attached hydrogens (primary N) is 1. The Morgan fingerprint density at radius 2 is 1.87 bits per heavy atom. The number of hydrogen-bond acceptors (Lipinski definition) is 3. The number of aryl methyl sites for hydroxylation is 1. The lowest BCUT2D eigenvalue weighted by atomic mass is 9.88. The molecule has 23 heavy (non-hydrogen) atoms. The molecule has 0 aromatic heterocycles. The second kappa shape index (κ2) is 8.19. The molecule has 2 unspecified atom stereocenters. The Morgan fingerprint density at radius 3 is 2.39 bits per heavy atom. The number of primary amides is 1. The number of carbonyl (C=O) groups is 1. The molecule has 0 radical (unpaired) electrons. The number of alkyl halides is 3. The Balaban J connectivity index is 2.64. The van der Waals surface area contributed by atoms with Crippen LogP contribution < -0.4 is 5.73 Å². The fourth-order valence-electron chi connectivity index (χ4n) is 2.33. The van der Waals surface area contributed by atoms with Gasteiger partial charge in [-0.25, -0.2) is 4.79 Å². The lowest BCUT2D eigenvalue weighted by Gasteiger charge is -2.32. The molecule has 7 heteroatoms. The van der Waals surface area contributed by atoms with Crippen molar-refractivity contribution in [3.05, 3.63) is 35.9 Å². The number of carbonyl (C=O) groups excluding carboxylic acids is 1. The molecule has 0 heterocycles. The first-order valence-electron chi connectivity index (χ1n) is 7.39. The van der Waals surface area contributed by atoms with E-state index >= 15 is 0 Å². The zero-order valence-electron chi connectivity index (χ0n) is 13.0. The molecule has 0 fully saturated rings. The minimum absolute atomic E-state index is 0.107. The van der Waals surface area contributed by atoms with Crippen LogP contribution in [0.4, 0.5) is 18.0 Å². The van der Waals surface area contributed by atoms with Gasteiger partial charge >= 0.3 is 12.3 Å². The second-order valence-electron chi connectivity index (χ2n) is 5.78.